The summed E-state index contributed by atoms with van der Waals surface area (Å²) >= 11 is 5.79. The van der Waals surface area contributed by atoms with Gasteiger partial charge in [0.15, 0.2) is 6.10 Å². The highest BCUT2D eigenvalue weighted by Crippen LogP contribution is 2.28. The molecule has 0 saturated carbocycles. The van der Waals surface area contributed by atoms with Crippen LogP contribution in [0.2, 0.25) is 5.02 Å². The highest BCUT2D eigenvalue weighted by molar-refractivity contribution is 6.30. The van der Waals surface area contributed by atoms with Gasteiger partial charge < -0.3 is 9.64 Å². The summed E-state index contributed by atoms with van der Waals surface area (Å²) in [6.07, 6.45) is -0.0240. The molecule has 3 rings (SSSR count). The normalized spacial score (nSPS) is 14.3. The lowest BCUT2D eigenvalue weighted by Gasteiger charge is -2.21. The molecule has 118 valence electrons. The zero-order valence-corrected chi connectivity index (χ0v) is 13.4. The summed E-state index contributed by atoms with van der Waals surface area (Å²) in [5.74, 6) is -0.743. The van der Waals surface area contributed by atoms with Crippen LogP contribution >= 0.6 is 11.6 Å². The lowest BCUT2D eigenvalue weighted by molar-refractivity contribution is -0.126. The minimum Gasteiger partial charge on any atom is -0.449 e. The number of rotatable bonds is 3. The van der Waals surface area contributed by atoms with Gasteiger partial charge in [-0.2, -0.15) is 0 Å². The van der Waals surface area contributed by atoms with Gasteiger partial charge in [0.2, 0.25) is 0 Å². The van der Waals surface area contributed by atoms with Gasteiger partial charge in [0.05, 0.1) is 5.56 Å². The van der Waals surface area contributed by atoms with E-state index in [0.717, 1.165) is 17.7 Å². The molecule has 0 bridgehead atoms. The first kappa shape index (κ1) is 15.6. The number of fused-ring (bicyclic) bond motifs is 1. The van der Waals surface area contributed by atoms with Crippen molar-refractivity contribution >= 4 is 29.2 Å². The highest BCUT2D eigenvalue weighted by atomic mass is 35.5. The zero-order chi connectivity index (χ0) is 16.4. The summed E-state index contributed by atoms with van der Waals surface area (Å²) in [6.45, 7) is 2.21. The number of carbonyl (C=O) groups is 2. The Morgan fingerprint density at radius 3 is 2.57 bits per heavy atom. The first-order valence-corrected chi connectivity index (χ1v) is 7.80. The number of hydrogen-bond donors (Lipinski definition) is 0. The van der Waals surface area contributed by atoms with E-state index >= 15 is 0 Å². The van der Waals surface area contributed by atoms with Crippen LogP contribution in [0.5, 0.6) is 0 Å². The molecule has 0 aromatic heterocycles. The lowest BCUT2D eigenvalue weighted by atomic mass is 10.2. The Balaban J connectivity index is 1.69. The second kappa shape index (κ2) is 6.42. The average Bonchev–Trinajstić information content (AvgIpc) is 2.98. The van der Waals surface area contributed by atoms with Crippen LogP contribution in [0.4, 0.5) is 5.69 Å². The molecule has 0 spiro atoms. The van der Waals surface area contributed by atoms with Crippen molar-refractivity contribution in [1.82, 2.24) is 0 Å². The summed E-state index contributed by atoms with van der Waals surface area (Å²) in [6, 6.07) is 14.1. The fourth-order valence-electron chi connectivity index (χ4n) is 2.65. The summed E-state index contributed by atoms with van der Waals surface area (Å²) < 4.78 is 5.29. The zero-order valence-electron chi connectivity index (χ0n) is 12.7. The molecule has 2 aromatic rings. The Kier molecular flexibility index (Phi) is 4.35. The predicted molar refractivity (Wildman–Crippen MR) is 88.8 cm³/mol. The SMILES string of the molecule is CC(OC(=O)c1ccc(Cl)cc1)C(=O)N1CCc2ccccc21. The van der Waals surface area contributed by atoms with E-state index in [2.05, 4.69) is 0 Å². The molecule has 4 nitrogen and oxygen atoms in total. The second-order valence-electron chi connectivity index (χ2n) is 5.42. The quantitative estimate of drug-likeness (QED) is 0.810. The van der Waals surface area contributed by atoms with Gasteiger partial charge in [-0.1, -0.05) is 29.8 Å². The molecule has 1 heterocycles. The second-order valence-corrected chi connectivity index (χ2v) is 5.86. The summed E-state index contributed by atoms with van der Waals surface area (Å²) in [4.78, 5) is 26.3. The van der Waals surface area contributed by atoms with Crippen LogP contribution in [-0.2, 0) is 16.0 Å². The average molecular weight is 330 g/mol. The minimum atomic E-state index is -0.843. The van der Waals surface area contributed by atoms with Gasteiger partial charge in [-0.25, -0.2) is 4.79 Å². The number of esters is 1. The lowest BCUT2D eigenvalue weighted by Crippen LogP contribution is -2.39. The number of carbonyl (C=O) groups excluding carboxylic acids is 2. The third-order valence-electron chi connectivity index (χ3n) is 3.86. The van der Waals surface area contributed by atoms with Crippen molar-refractivity contribution in [3.05, 3.63) is 64.7 Å². The first-order valence-electron chi connectivity index (χ1n) is 7.42. The molecule has 0 fully saturated rings. The molecule has 0 radical (unpaired) electrons. The maximum absolute atomic E-state index is 12.6. The maximum Gasteiger partial charge on any atom is 0.338 e. The van der Waals surface area contributed by atoms with Crippen LogP contribution in [0, 0.1) is 0 Å². The largest absolute Gasteiger partial charge is 0.449 e. The fraction of sp³-hybridized carbons (Fsp3) is 0.222. The van der Waals surface area contributed by atoms with E-state index in [0.29, 0.717) is 17.1 Å². The van der Waals surface area contributed by atoms with Crippen LogP contribution in [-0.4, -0.2) is 24.5 Å². The molecule has 1 atom stereocenters. The third kappa shape index (κ3) is 3.22. The highest BCUT2D eigenvalue weighted by Gasteiger charge is 2.29. The van der Waals surface area contributed by atoms with Crippen LogP contribution in [0.1, 0.15) is 22.8 Å². The van der Waals surface area contributed by atoms with Gasteiger partial charge in [0.1, 0.15) is 0 Å². The van der Waals surface area contributed by atoms with Crippen molar-refractivity contribution in [2.24, 2.45) is 0 Å². The summed E-state index contributed by atoms with van der Waals surface area (Å²) in [5.41, 5.74) is 2.40. The van der Waals surface area contributed by atoms with E-state index in [1.54, 1.807) is 36.1 Å². The van der Waals surface area contributed by atoms with Crippen LogP contribution in [0.3, 0.4) is 0 Å². The molecule has 0 saturated heterocycles. The Labute approximate surface area is 139 Å². The van der Waals surface area contributed by atoms with E-state index in [-0.39, 0.29) is 5.91 Å². The third-order valence-corrected chi connectivity index (χ3v) is 4.12. The van der Waals surface area contributed by atoms with Gasteiger partial charge >= 0.3 is 5.97 Å². The number of para-hydroxylation sites is 1. The van der Waals surface area contributed by atoms with Gasteiger partial charge in [-0.3, -0.25) is 4.79 Å². The Morgan fingerprint density at radius 1 is 1.13 bits per heavy atom. The van der Waals surface area contributed by atoms with Crippen molar-refractivity contribution in [3.8, 4) is 0 Å². The first-order chi connectivity index (χ1) is 11.1. The number of halogens is 1. The van der Waals surface area contributed by atoms with E-state index in [1.807, 2.05) is 24.3 Å². The Hall–Kier alpha value is -2.33. The molecule has 0 N–H and O–H groups in total. The smallest absolute Gasteiger partial charge is 0.338 e. The van der Waals surface area contributed by atoms with E-state index in [4.69, 9.17) is 16.3 Å². The predicted octanol–water partition coefficient (Wildman–Crippen LogP) is 3.47. The summed E-state index contributed by atoms with van der Waals surface area (Å²) in [7, 11) is 0. The van der Waals surface area contributed by atoms with Crippen molar-refractivity contribution in [2.45, 2.75) is 19.4 Å². The van der Waals surface area contributed by atoms with Gasteiger partial charge in [-0.05, 0) is 49.2 Å². The molecular weight excluding hydrogens is 314 g/mol. The summed E-state index contributed by atoms with van der Waals surface area (Å²) in [5, 5.41) is 0.541. The maximum atomic E-state index is 12.6. The molecule has 5 heteroatoms. The van der Waals surface area contributed by atoms with Gasteiger partial charge in [-0.15, -0.1) is 0 Å². The van der Waals surface area contributed by atoms with Crippen LogP contribution in [0.25, 0.3) is 0 Å². The fourth-order valence-corrected chi connectivity index (χ4v) is 2.78. The molecule has 1 unspecified atom stereocenters. The number of amides is 1. The Morgan fingerprint density at radius 2 is 1.83 bits per heavy atom. The molecule has 1 amide bonds. The molecule has 0 aliphatic carbocycles. The number of anilines is 1. The molecule has 23 heavy (non-hydrogen) atoms. The van der Waals surface area contributed by atoms with Crippen molar-refractivity contribution in [2.75, 3.05) is 11.4 Å². The monoisotopic (exact) mass is 329 g/mol. The van der Waals surface area contributed by atoms with Crippen molar-refractivity contribution < 1.29 is 14.3 Å². The van der Waals surface area contributed by atoms with Crippen LogP contribution in [0.15, 0.2) is 48.5 Å². The van der Waals surface area contributed by atoms with Gasteiger partial charge in [0, 0.05) is 17.3 Å². The van der Waals surface area contributed by atoms with Crippen LogP contribution < -0.4 is 4.90 Å². The number of hydrogen-bond acceptors (Lipinski definition) is 3. The van der Waals surface area contributed by atoms with Crippen molar-refractivity contribution in [3.63, 3.8) is 0 Å². The van der Waals surface area contributed by atoms with Gasteiger partial charge in [0.25, 0.3) is 5.91 Å². The van der Waals surface area contributed by atoms with Crippen molar-refractivity contribution in [1.29, 1.82) is 0 Å². The molecule has 2 aromatic carbocycles. The number of ether oxygens (including phenoxy) is 1. The molecular formula is C18H16ClNO3. The standard InChI is InChI=1S/C18H16ClNO3/c1-12(23-18(22)14-6-8-15(19)9-7-14)17(21)20-11-10-13-4-2-3-5-16(13)20/h2-9,12H,10-11H2,1H3. The van der Waals surface area contributed by atoms with E-state index in [9.17, 15) is 9.59 Å². The molecule has 1 aliphatic heterocycles. The minimum absolute atomic E-state index is 0.211. The van der Waals surface area contributed by atoms with E-state index in [1.165, 1.54) is 0 Å². The number of nitrogens with zero attached hydrogens (tertiary/aromatic N) is 1. The van der Waals surface area contributed by atoms with E-state index < -0.39 is 12.1 Å². The Bertz CT molecular complexity index is 742. The number of benzene rings is 2. The molecule has 1 aliphatic rings. The topological polar surface area (TPSA) is 46.6 Å².